The third kappa shape index (κ3) is 4.09. The molecule has 0 spiro atoms. The van der Waals surface area contributed by atoms with E-state index in [9.17, 15) is 14.0 Å². The van der Waals surface area contributed by atoms with Gasteiger partial charge < -0.3 is 15.5 Å². The maximum absolute atomic E-state index is 13.4. The van der Waals surface area contributed by atoms with E-state index in [4.69, 9.17) is 0 Å². The standard InChI is InChI=1S/C22H28FN5O2/c1-22(13-24-16-8-4-3-5-9-16)14-28-19(21(30)27(22)2)12-18(26-28)20(29)25-17-10-6-7-15(23)11-17/h6-7,10-12,16,24H,3-5,8-9,13-14H2,1-2H3,(H,25,29). The highest BCUT2D eigenvalue weighted by Gasteiger charge is 2.41. The van der Waals surface area contributed by atoms with Crippen LogP contribution >= 0.6 is 0 Å². The van der Waals surface area contributed by atoms with Crippen molar-refractivity contribution in [2.75, 3.05) is 18.9 Å². The number of hydrogen-bond donors (Lipinski definition) is 2. The number of aromatic nitrogens is 2. The van der Waals surface area contributed by atoms with Crippen LogP contribution in [0.15, 0.2) is 30.3 Å². The fourth-order valence-corrected chi connectivity index (χ4v) is 4.27. The Morgan fingerprint density at radius 3 is 2.77 bits per heavy atom. The molecule has 1 aromatic carbocycles. The van der Waals surface area contributed by atoms with Gasteiger partial charge in [-0.15, -0.1) is 0 Å². The number of fused-ring (bicyclic) bond motifs is 1. The molecule has 0 radical (unpaired) electrons. The van der Waals surface area contributed by atoms with Crippen molar-refractivity contribution >= 4 is 17.5 Å². The summed E-state index contributed by atoms with van der Waals surface area (Å²) in [5.74, 6) is -1.07. The summed E-state index contributed by atoms with van der Waals surface area (Å²) in [7, 11) is 1.80. The molecule has 4 rings (SSSR count). The first-order valence-corrected chi connectivity index (χ1v) is 10.5. The van der Waals surface area contributed by atoms with Crippen molar-refractivity contribution in [1.82, 2.24) is 20.0 Å². The van der Waals surface area contributed by atoms with Crippen molar-refractivity contribution in [2.24, 2.45) is 0 Å². The van der Waals surface area contributed by atoms with Gasteiger partial charge in [0.2, 0.25) is 0 Å². The number of anilines is 1. The predicted octanol–water partition coefficient (Wildman–Crippen LogP) is 3.04. The maximum Gasteiger partial charge on any atom is 0.276 e. The summed E-state index contributed by atoms with van der Waals surface area (Å²) in [6, 6.07) is 7.66. The number of nitrogens with one attached hydrogen (secondary N) is 2. The molecule has 2 aliphatic rings. The Balaban J connectivity index is 1.49. The predicted molar refractivity (Wildman–Crippen MR) is 112 cm³/mol. The van der Waals surface area contributed by atoms with Crippen LogP contribution in [-0.2, 0) is 6.54 Å². The van der Waals surface area contributed by atoms with Crippen LogP contribution in [0, 0.1) is 5.82 Å². The number of carbonyl (C=O) groups is 2. The SMILES string of the molecule is CN1C(=O)c2cc(C(=O)Nc3cccc(F)c3)nn2CC1(C)CNC1CCCCC1. The topological polar surface area (TPSA) is 79.3 Å². The summed E-state index contributed by atoms with van der Waals surface area (Å²) in [5, 5.41) is 10.6. The molecule has 160 valence electrons. The zero-order valence-electron chi connectivity index (χ0n) is 17.4. The molecule has 2 amide bonds. The Morgan fingerprint density at radius 1 is 1.27 bits per heavy atom. The molecule has 1 atom stereocenters. The molecule has 1 fully saturated rings. The smallest absolute Gasteiger partial charge is 0.276 e. The van der Waals surface area contributed by atoms with Crippen molar-refractivity contribution < 1.29 is 14.0 Å². The van der Waals surface area contributed by atoms with Gasteiger partial charge in [-0.1, -0.05) is 25.3 Å². The number of hydrogen-bond acceptors (Lipinski definition) is 4. The van der Waals surface area contributed by atoms with Crippen LogP contribution in [0.4, 0.5) is 10.1 Å². The number of carbonyl (C=O) groups excluding carboxylic acids is 2. The van der Waals surface area contributed by atoms with Crippen molar-refractivity contribution in [3.63, 3.8) is 0 Å². The maximum atomic E-state index is 13.4. The largest absolute Gasteiger partial charge is 0.332 e. The lowest BCUT2D eigenvalue weighted by Crippen LogP contribution is -2.60. The van der Waals surface area contributed by atoms with E-state index in [1.54, 1.807) is 22.7 Å². The molecule has 2 N–H and O–H groups in total. The fraction of sp³-hybridized carbons (Fsp3) is 0.500. The minimum Gasteiger partial charge on any atom is -0.332 e. The van der Waals surface area contributed by atoms with E-state index in [-0.39, 0.29) is 11.6 Å². The van der Waals surface area contributed by atoms with Gasteiger partial charge in [0.1, 0.15) is 11.5 Å². The molecule has 1 saturated carbocycles. The lowest BCUT2D eigenvalue weighted by Gasteiger charge is -2.43. The summed E-state index contributed by atoms with van der Waals surface area (Å²) in [4.78, 5) is 27.3. The molecule has 2 aromatic rings. The minimum absolute atomic E-state index is 0.139. The summed E-state index contributed by atoms with van der Waals surface area (Å²) in [6.45, 7) is 3.21. The van der Waals surface area contributed by atoms with Crippen molar-refractivity contribution in [1.29, 1.82) is 0 Å². The average Bonchev–Trinajstić information content (AvgIpc) is 3.15. The number of nitrogens with zero attached hydrogens (tertiary/aromatic N) is 3. The van der Waals surface area contributed by atoms with Crippen LogP contribution < -0.4 is 10.6 Å². The van der Waals surface area contributed by atoms with Crippen LogP contribution in [0.5, 0.6) is 0 Å². The Labute approximate surface area is 175 Å². The van der Waals surface area contributed by atoms with Crippen LogP contribution in [0.25, 0.3) is 0 Å². The molecular formula is C22H28FN5O2. The Hall–Kier alpha value is -2.74. The third-order valence-corrected chi connectivity index (χ3v) is 6.30. The molecule has 1 aliphatic carbocycles. The van der Waals surface area contributed by atoms with E-state index in [2.05, 4.69) is 15.7 Å². The number of rotatable bonds is 5. The van der Waals surface area contributed by atoms with Gasteiger partial charge in [-0.3, -0.25) is 14.3 Å². The molecule has 1 aromatic heterocycles. The Bertz CT molecular complexity index is 953. The van der Waals surface area contributed by atoms with Gasteiger partial charge in [0.25, 0.3) is 11.8 Å². The van der Waals surface area contributed by atoms with Crippen LogP contribution in [0.2, 0.25) is 0 Å². The van der Waals surface area contributed by atoms with Gasteiger partial charge >= 0.3 is 0 Å². The lowest BCUT2D eigenvalue weighted by atomic mass is 9.92. The average molecular weight is 413 g/mol. The minimum atomic E-state index is -0.472. The molecule has 7 nitrogen and oxygen atoms in total. The fourth-order valence-electron chi connectivity index (χ4n) is 4.27. The molecule has 0 bridgehead atoms. The molecule has 8 heteroatoms. The van der Waals surface area contributed by atoms with E-state index < -0.39 is 17.3 Å². The van der Waals surface area contributed by atoms with E-state index in [0.29, 0.717) is 30.5 Å². The first-order valence-electron chi connectivity index (χ1n) is 10.5. The van der Waals surface area contributed by atoms with E-state index >= 15 is 0 Å². The number of likely N-dealkylation sites (N-methyl/N-ethyl adjacent to an activating group) is 1. The number of amides is 2. The second kappa shape index (κ2) is 8.18. The quantitative estimate of drug-likeness (QED) is 0.790. The monoisotopic (exact) mass is 413 g/mol. The van der Waals surface area contributed by atoms with Crippen LogP contribution in [-0.4, -0.2) is 51.7 Å². The Morgan fingerprint density at radius 2 is 2.03 bits per heavy atom. The Kier molecular flexibility index (Phi) is 5.60. The third-order valence-electron chi connectivity index (χ3n) is 6.30. The number of halogens is 1. The van der Waals surface area contributed by atoms with Crippen molar-refractivity contribution in [3.8, 4) is 0 Å². The second-order valence-electron chi connectivity index (χ2n) is 8.61. The van der Waals surface area contributed by atoms with E-state index in [0.717, 1.165) is 0 Å². The summed E-state index contributed by atoms with van der Waals surface area (Å²) in [6.07, 6.45) is 6.13. The van der Waals surface area contributed by atoms with Gasteiger partial charge in [0.05, 0.1) is 12.1 Å². The summed E-state index contributed by atoms with van der Waals surface area (Å²) >= 11 is 0. The zero-order chi connectivity index (χ0) is 21.3. The molecule has 0 saturated heterocycles. The molecule has 1 aliphatic heterocycles. The van der Waals surface area contributed by atoms with Crippen LogP contribution in [0.3, 0.4) is 0 Å². The normalized spacial score (nSPS) is 22.1. The van der Waals surface area contributed by atoms with E-state index in [1.807, 2.05) is 6.92 Å². The number of benzene rings is 1. The highest BCUT2D eigenvalue weighted by atomic mass is 19.1. The van der Waals surface area contributed by atoms with Gasteiger partial charge in [-0.05, 0) is 38.0 Å². The summed E-state index contributed by atoms with van der Waals surface area (Å²) < 4.78 is 15.0. The molecule has 1 unspecified atom stereocenters. The van der Waals surface area contributed by atoms with Gasteiger partial charge in [0, 0.05) is 31.4 Å². The van der Waals surface area contributed by atoms with Crippen LogP contribution in [0.1, 0.15) is 60.0 Å². The molecular weight excluding hydrogens is 385 g/mol. The van der Waals surface area contributed by atoms with Gasteiger partial charge in [-0.2, -0.15) is 5.10 Å². The van der Waals surface area contributed by atoms with Gasteiger partial charge in [-0.25, -0.2) is 4.39 Å². The first kappa shape index (κ1) is 20.5. The molecule has 2 heterocycles. The lowest BCUT2D eigenvalue weighted by molar-refractivity contribution is 0.0430. The second-order valence-corrected chi connectivity index (χ2v) is 8.61. The van der Waals surface area contributed by atoms with E-state index in [1.165, 1.54) is 56.4 Å². The summed E-state index contributed by atoms with van der Waals surface area (Å²) in [5.41, 5.74) is 0.428. The first-order chi connectivity index (χ1) is 14.4. The van der Waals surface area contributed by atoms with Gasteiger partial charge in [0.15, 0.2) is 5.69 Å². The highest BCUT2D eigenvalue weighted by Crippen LogP contribution is 2.26. The highest BCUT2D eigenvalue weighted by molar-refractivity contribution is 6.04. The molecule has 30 heavy (non-hydrogen) atoms. The van der Waals surface area contributed by atoms with Crippen molar-refractivity contribution in [2.45, 2.75) is 57.2 Å². The zero-order valence-corrected chi connectivity index (χ0v) is 17.4. The van der Waals surface area contributed by atoms with Crippen molar-refractivity contribution in [3.05, 3.63) is 47.5 Å².